The van der Waals surface area contributed by atoms with Crippen molar-refractivity contribution in [3.05, 3.63) is 47.6 Å². The third-order valence-corrected chi connectivity index (χ3v) is 16.1. The van der Waals surface area contributed by atoms with Crippen LogP contribution in [0.25, 0.3) is 0 Å². The smallest absolute Gasteiger partial charge is 0.329 e. The van der Waals surface area contributed by atoms with Gasteiger partial charge in [0.1, 0.15) is 36.2 Å². The molecule has 1 saturated carbocycles. The van der Waals surface area contributed by atoms with Crippen LogP contribution in [-0.4, -0.2) is 161 Å². The first-order valence-electron chi connectivity index (χ1n) is 27.0. The van der Waals surface area contributed by atoms with Crippen molar-refractivity contribution in [3.63, 3.8) is 0 Å². The van der Waals surface area contributed by atoms with Crippen LogP contribution in [0.4, 0.5) is 0 Å². The number of hydrogen-bond acceptors (Lipinski definition) is 15. The molecule has 0 radical (unpaired) electrons. The minimum Gasteiger partial charge on any atom is -0.460 e. The summed E-state index contributed by atoms with van der Waals surface area (Å²) in [6.07, 6.45) is 13.8. The number of amides is 1. The molecule has 4 fully saturated rings. The van der Waals surface area contributed by atoms with E-state index in [1.54, 1.807) is 34.1 Å². The van der Waals surface area contributed by atoms with Gasteiger partial charge in [0, 0.05) is 65.6 Å². The Morgan fingerprint density at radius 1 is 0.781 bits per heavy atom. The van der Waals surface area contributed by atoms with Crippen molar-refractivity contribution in [2.45, 2.75) is 186 Å². The summed E-state index contributed by atoms with van der Waals surface area (Å²) >= 11 is 0. The summed E-state index contributed by atoms with van der Waals surface area (Å²) < 4.78 is 53.4. The van der Waals surface area contributed by atoms with Gasteiger partial charge in [-0.3, -0.25) is 19.2 Å². The van der Waals surface area contributed by atoms with Crippen molar-refractivity contribution in [2.24, 2.45) is 35.5 Å². The second kappa shape index (κ2) is 29.2. The largest absolute Gasteiger partial charge is 0.460 e. The van der Waals surface area contributed by atoms with Gasteiger partial charge in [0.2, 0.25) is 5.79 Å². The van der Waals surface area contributed by atoms with Crippen LogP contribution in [0.1, 0.15) is 126 Å². The van der Waals surface area contributed by atoms with E-state index in [1.807, 2.05) is 58.1 Å². The van der Waals surface area contributed by atoms with E-state index >= 15 is 0 Å². The van der Waals surface area contributed by atoms with E-state index < -0.39 is 71.8 Å². The van der Waals surface area contributed by atoms with Crippen LogP contribution < -0.4 is 0 Å². The standard InChI is InChI=1S/C57H89NO15/c1-35-17-13-12-14-18-36(2)48(71-26-25-70-44-33-69-34-44)31-43-22-20-41(7)57(64,73-43)54(61)55(62)58-24-16-15-19-45(58)56(63)72-49(38(4)29-42-21-23-47(65-8)50(30-42)66-9)32-46(59)37(3)28-40(6)52(67-10)53(68-11)51(60)39(5)27-35/h12-14,17-18,28,35,37-39,41-45,47-50,52-53,64H,15-16,19-27,29-34H2,1-11H3/b14-12+,17-13+,36-18+,40-28+/t35-,37-,38-,39-,41-,42+,43+,45+,47-,48+,49+,50-,52-,53+,57-/m1/s1. The maximum Gasteiger partial charge on any atom is 0.329 e. The highest BCUT2D eigenvalue weighted by molar-refractivity contribution is 6.39. The third kappa shape index (κ3) is 16.5. The highest BCUT2D eigenvalue weighted by Gasteiger charge is 2.53. The predicted molar refractivity (Wildman–Crippen MR) is 274 cm³/mol. The van der Waals surface area contributed by atoms with Crippen molar-refractivity contribution in [1.29, 1.82) is 0 Å². The number of Topliss-reactive ketones (excluding diaryl/α,β-unsaturated/α-hetero) is 3. The summed E-state index contributed by atoms with van der Waals surface area (Å²) in [6.45, 7) is 15.0. The monoisotopic (exact) mass is 1030 g/mol. The Bertz CT molecular complexity index is 1940. The molecule has 1 N–H and O–H groups in total. The molecule has 412 valence electrons. The number of cyclic esters (lactones) is 1. The van der Waals surface area contributed by atoms with Gasteiger partial charge < -0.3 is 52.6 Å². The van der Waals surface area contributed by atoms with Crippen LogP contribution >= 0.6 is 0 Å². The number of esters is 1. The van der Waals surface area contributed by atoms with Crippen LogP contribution in [0, 0.1) is 35.5 Å². The van der Waals surface area contributed by atoms with Crippen molar-refractivity contribution in [1.82, 2.24) is 4.90 Å². The SMILES string of the molecule is CO[C@@H]1/C(C)=C/[C@@H](C)C(=O)C[C@@H]([C@H](C)C[C@@H]2CC[C@@H](OC)[C@H](OC)C2)OC(=O)[C@@H]2CCCCN2C(=O)C(=O)[C@]2(O)O[C@@H](CC[C@H]2C)C[C@H](OCCOC2COC2)/C(C)=C/C=C/C=C/[C@@H](C)C[C@@H](C)C(=O)[C@@H]1OC. The van der Waals surface area contributed by atoms with Crippen molar-refractivity contribution in [2.75, 3.05) is 61.4 Å². The Labute approximate surface area is 435 Å². The first kappa shape index (κ1) is 60.4. The van der Waals surface area contributed by atoms with Gasteiger partial charge in [-0.1, -0.05) is 71.1 Å². The first-order chi connectivity index (χ1) is 34.8. The van der Waals surface area contributed by atoms with Gasteiger partial charge in [-0.2, -0.15) is 0 Å². The number of hydrogen-bond donors (Lipinski definition) is 1. The molecule has 5 aliphatic rings. The summed E-state index contributed by atoms with van der Waals surface area (Å²) in [6, 6.07) is -1.13. The molecule has 4 heterocycles. The number of carbonyl (C=O) groups is 5. The van der Waals surface area contributed by atoms with Gasteiger partial charge in [0.05, 0.1) is 50.8 Å². The number of aliphatic hydroxyl groups is 1. The molecule has 16 heteroatoms. The van der Waals surface area contributed by atoms with E-state index in [1.165, 1.54) is 19.1 Å². The molecule has 73 heavy (non-hydrogen) atoms. The van der Waals surface area contributed by atoms with E-state index in [2.05, 4.69) is 6.92 Å². The molecule has 16 nitrogen and oxygen atoms in total. The van der Waals surface area contributed by atoms with Crippen LogP contribution in [0.2, 0.25) is 0 Å². The van der Waals surface area contributed by atoms with Crippen molar-refractivity contribution >= 4 is 29.2 Å². The lowest BCUT2D eigenvalue weighted by atomic mass is 9.78. The quantitative estimate of drug-likeness (QED) is 0.0888. The molecule has 2 bridgehead atoms. The molecule has 0 unspecified atom stereocenters. The molecule has 0 aromatic rings. The molecular weight excluding hydrogens is 939 g/mol. The minimum absolute atomic E-state index is 0.0273. The van der Waals surface area contributed by atoms with Gasteiger partial charge in [-0.25, -0.2) is 4.79 Å². The third-order valence-electron chi connectivity index (χ3n) is 16.1. The molecule has 5 rings (SSSR count). The topological polar surface area (TPSA) is 192 Å². The zero-order valence-electron chi connectivity index (χ0n) is 45.8. The summed E-state index contributed by atoms with van der Waals surface area (Å²) in [5, 5.41) is 12.2. The summed E-state index contributed by atoms with van der Waals surface area (Å²) in [4.78, 5) is 73.2. The fourth-order valence-corrected chi connectivity index (χ4v) is 11.3. The van der Waals surface area contributed by atoms with Crippen LogP contribution in [0.5, 0.6) is 0 Å². The van der Waals surface area contributed by atoms with Crippen LogP contribution in [0.15, 0.2) is 47.6 Å². The fraction of sp³-hybridized carbons (Fsp3) is 0.772. The molecule has 4 aliphatic heterocycles. The number of fused-ring (bicyclic) bond motifs is 3. The molecule has 15 atom stereocenters. The Morgan fingerprint density at radius 3 is 2.16 bits per heavy atom. The molecule has 1 aliphatic carbocycles. The summed E-state index contributed by atoms with van der Waals surface area (Å²) in [5.41, 5.74) is 1.53. The van der Waals surface area contributed by atoms with E-state index in [-0.39, 0.29) is 86.0 Å². The lowest BCUT2D eigenvalue weighted by Gasteiger charge is -2.43. The highest BCUT2D eigenvalue weighted by Crippen LogP contribution is 2.38. The zero-order chi connectivity index (χ0) is 53.4. The van der Waals surface area contributed by atoms with Gasteiger partial charge in [0.25, 0.3) is 11.7 Å². The normalized spacial score (nSPS) is 38.5. The van der Waals surface area contributed by atoms with Gasteiger partial charge in [-0.05, 0) is 107 Å². The molecule has 0 aromatic heterocycles. The Hall–Kier alpha value is -3.45. The minimum atomic E-state index is -2.45. The summed E-state index contributed by atoms with van der Waals surface area (Å²) in [5.74, 6) is -7.40. The number of piperidine rings is 1. The van der Waals surface area contributed by atoms with Gasteiger partial charge >= 0.3 is 5.97 Å². The average molecular weight is 1030 g/mol. The van der Waals surface area contributed by atoms with E-state index in [0.717, 1.165) is 24.8 Å². The number of allylic oxidation sites excluding steroid dienone is 6. The molecule has 0 spiro atoms. The van der Waals surface area contributed by atoms with E-state index in [0.29, 0.717) is 63.9 Å². The predicted octanol–water partition coefficient (Wildman–Crippen LogP) is 7.27. The number of ether oxygens (including phenoxy) is 9. The highest BCUT2D eigenvalue weighted by atomic mass is 16.6. The number of carbonyl (C=O) groups excluding carboxylic acids is 5. The van der Waals surface area contributed by atoms with E-state index in [4.69, 9.17) is 42.6 Å². The molecule has 1 amide bonds. The Morgan fingerprint density at radius 2 is 1.49 bits per heavy atom. The van der Waals surface area contributed by atoms with Crippen LogP contribution in [-0.2, 0) is 66.6 Å². The Kier molecular flexibility index (Phi) is 24.1. The second-order valence-electron chi connectivity index (χ2n) is 21.7. The fourth-order valence-electron chi connectivity index (χ4n) is 11.3. The lowest BCUT2D eigenvalue weighted by Crippen LogP contribution is -2.61. The van der Waals surface area contributed by atoms with Crippen LogP contribution in [0.3, 0.4) is 0 Å². The maximum absolute atomic E-state index is 14.6. The second-order valence-corrected chi connectivity index (χ2v) is 21.7. The first-order valence-corrected chi connectivity index (χ1v) is 27.0. The number of ketones is 3. The number of methoxy groups -OCH3 is 4. The number of rotatable bonds is 12. The van der Waals surface area contributed by atoms with Gasteiger partial charge in [0.15, 0.2) is 5.78 Å². The lowest BCUT2D eigenvalue weighted by molar-refractivity contribution is -0.266. The summed E-state index contributed by atoms with van der Waals surface area (Å²) in [7, 11) is 6.37. The van der Waals surface area contributed by atoms with E-state index in [9.17, 15) is 29.1 Å². The number of nitrogens with zero attached hydrogens (tertiary/aromatic N) is 1. The van der Waals surface area contributed by atoms with Gasteiger partial charge in [-0.15, -0.1) is 0 Å². The van der Waals surface area contributed by atoms with Crippen molar-refractivity contribution in [3.8, 4) is 0 Å². The molecule has 0 aromatic carbocycles. The maximum atomic E-state index is 14.6. The zero-order valence-corrected chi connectivity index (χ0v) is 45.8. The Balaban J connectivity index is 1.48. The molecular formula is C57H89NO15. The molecule has 3 saturated heterocycles. The van der Waals surface area contributed by atoms with Crippen molar-refractivity contribution < 1.29 is 71.7 Å². The average Bonchev–Trinajstić information content (AvgIpc) is 3.36.